The van der Waals surface area contributed by atoms with Crippen LogP contribution in [-0.2, 0) is 4.79 Å². The Labute approximate surface area is 155 Å². The molecule has 7 nitrogen and oxygen atoms in total. The van der Waals surface area contributed by atoms with E-state index < -0.39 is 0 Å². The van der Waals surface area contributed by atoms with Crippen LogP contribution in [-0.4, -0.2) is 37.8 Å². The van der Waals surface area contributed by atoms with E-state index in [0.717, 1.165) is 29.1 Å². The molecule has 1 amide bonds. The number of nitrogens with one attached hydrogen (secondary N) is 1. The highest BCUT2D eigenvalue weighted by atomic mass is 32.2. The van der Waals surface area contributed by atoms with Gasteiger partial charge in [-0.2, -0.15) is 4.98 Å². The Balaban J connectivity index is 1.41. The Hall–Kier alpha value is -2.61. The fourth-order valence-electron chi connectivity index (χ4n) is 3.07. The standard InChI is InChI=1S/C18H19N5O2S/c1-11-9-12(2)23-17(19-11)21-18(22-23)26-10-16(24)20-14-7-8-25-15-6-4-3-5-13(14)15/h3-6,9,14H,7-8,10H2,1-2H3,(H,20,24)/t14-/m0/s1. The van der Waals surface area contributed by atoms with Crippen molar-refractivity contribution in [2.24, 2.45) is 0 Å². The molecule has 0 radical (unpaired) electrons. The van der Waals surface area contributed by atoms with E-state index in [1.807, 2.05) is 44.2 Å². The Morgan fingerprint density at radius 1 is 1.35 bits per heavy atom. The second kappa shape index (κ2) is 6.95. The summed E-state index contributed by atoms with van der Waals surface area (Å²) in [6.45, 7) is 4.49. The summed E-state index contributed by atoms with van der Waals surface area (Å²) in [5.74, 6) is 1.62. The van der Waals surface area contributed by atoms with Crippen LogP contribution in [0.2, 0.25) is 0 Å². The molecule has 3 heterocycles. The van der Waals surface area contributed by atoms with Gasteiger partial charge in [0.05, 0.1) is 18.4 Å². The van der Waals surface area contributed by atoms with Gasteiger partial charge >= 0.3 is 0 Å². The van der Waals surface area contributed by atoms with E-state index in [-0.39, 0.29) is 17.7 Å². The van der Waals surface area contributed by atoms with Crippen molar-refractivity contribution < 1.29 is 9.53 Å². The zero-order valence-electron chi connectivity index (χ0n) is 14.6. The number of fused-ring (bicyclic) bond motifs is 2. The second-order valence-corrected chi connectivity index (χ2v) is 7.17. The van der Waals surface area contributed by atoms with Crippen molar-refractivity contribution >= 4 is 23.4 Å². The van der Waals surface area contributed by atoms with Crippen LogP contribution in [0.4, 0.5) is 0 Å². The molecule has 0 unspecified atom stereocenters. The number of carbonyl (C=O) groups excluding carboxylic acids is 1. The second-order valence-electron chi connectivity index (χ2n) is 6.23. The topological polar surface area (TPSA) is 81.4 Å². The Morgan fingerprint density at radius 3 is 3.08 bits per heavy atom. The van der Waals surface area contributed by atoms with E-state index in [2.05, 4.69) is 20.4 Å². The normalized spacial score (nSPS) is 16.2. The van der Waals surface area contributed by atoms with Gasteiger partial charge in [0.25, 0.3) is 5.78 Å². The summed E-state index contributed by atoms with van der Waals surface area (Å²) in [4.78, 5) is 21.1. The fourth-order valence-corrected chi connectivity index (χ4v) is 3.70. The molecule has 3 aromatic rings. The molecule has 0 spiro atoms. The van der Waals surface area contributed by atoms with Crippen LogP contribution in [0.15, 0.2) is 35.5 Å². The molecule has 0 aliphatic carbocycles. The van der Waals surface area contributed by atoms with Crippen molar-refractivity contribution in [3.8, 4) is 5.75 Å². The molecule has 1 aliphatic rings. The lowest BCUT2D eigenvalue weighted by Crippen LogP contribution is -2.33. The van der Waals surface area contributed by atoms with Gasteiger partial charge in [0.1, 0.15) is 5.75 Å². The monoisotopic (exact) mass is 369 g/mol. The number of rotatable bonds is 4. The number of hydrogen-bond acceptors (Lipinski definition) is 6. The van der Waals surface area contributed by atoms with E-state index in [9.17, 15) is 4.79 Å². The molecule has 2 aromatic heterocycles. The van der Waals surface area contributed by atoms with Gasteiger partial charge in [0, 0.05) is 23.4 Å². The van der Waals surface area contributed by atoms with Crippen molar-refractivity contribution in [2.45, 2.75) is 31.5 Å². The summed E-state index contributed by atoms with van der Waals surface area (Å²) in [5.41, 5.74) is 2.89. The maximum Gasteiger partial charge on any atom is 0.253 e. The zero-order chi connectivity index (χ0) is 18.1. The van der Waals surface area contributed by atoms with E-state index >= 15 is 0 Å². The Bertz CT molecular complexity index is 971. The molecule has 0 bridgehead atoms. The number of carbonyl (C=O) groups is 1. The highest BCUT2D eigenvalue weighted by Crippen LogP contribution is 2.31. The van der Waals surface area contributed by atoms with Crippen LogP contribution < -0.4 is 10.1 Å². The molecule has 0 saturated carbocycles. The summed E-state index contributed by atoms with van der Waals surface area (Å²) >= 11 is 1.31. The zero-order valence-corrected chi connectivity index (χ0v) is 15.4. The molecule has 1 aromatic carbocycles. The lowest BCUT2D eigenvalue weighted by atomic mass is 10.0. The van der Waals surface area contributed by atoms with E-state index in [1.165, 1.54) is 11.8 Å². The third-order valence-electron chi connectivity index (χ3n) is 4.22. The lowest BCUT2D eigenvalue weighted by Gasteiger charge is -2.26. The molecule has 26 heavy (non-hydrogen) atoms. The van der Waals surface area contributed by atoms with Crippen LogP contribution in [0.3, 0.4) is 0 Å². The number of aromatic nitrogens is 4. The van der Waals surface area contributed by atoms with Gasteiger partial charge in [-0.25, -0.2) is 9.50 Å². The Kier molecular flexibility index (Phi) is 4.50. The largest absolute Gasteiger partial charge is 0.493 e. The molecule has 134 valence electrons. The van der Waals surface area contributed by atoms with Gasteiger partial charge in [-0.05, 0) is 26.0 Å². The minimum Gasteiger partial charge on any atom is -0.493 e. The first kappa shape index (κ1) is 16.8. The molecule has 1 atom stereocenters. The summed E-state index contributed by atoms with van der Waals surface area (Å²) < 4.78 is 7.33. The van der Waals surface area contributed by atoms with Gasteiger partial charge in [0.2, 0.25) is 11.1 Å². The lowest BCUT2D eigenvalue weighted by molar-refractivity contribution is -0.119. The SMILES string of the molecule is Cc1cc(C)n2nc(SCC(=O)N[C@H]3CCOc4ccccc43)nc2n1. The van der Waals surface area contributed by atoms with Crippen LogP contribution in [0.5, 0.6) is 5.75 Å². The highest BCUT2D eigenvalue weighted by molar-refractivity contribution is 7.99. The van der Waals surface area contributed by atoms with E-state index in [4.69, 9.17) is 4.74 Å². The van der Waals surface area contributed by atoms with Gasteiger partial charge in [-0.3, -0.25) is 4.79 Å². The first-order valence-electron chi connectivity index (χ1n) is 8.45. The van der Waals surface area contributed by atoms with Crippen molar-refractivity contribution in [1.82, 2.24) is 24.9 Å². The summed E-state index contributed by atoms with van der Waals surface area (Å²) in [6.07, 6.45) is 0.766. The molecular formula is C18H19N5O2S. The number of thioether (sulfide) groups is 1. The molecule has 1 aliphatic heterocycles. The van der Waals surface area contributed by atoms with E-state index in [0.29, 0.717) is 17.5 Å². The molecular weight excluding hydrogens is 350 g/mol. The van der Waals surface area contributed by atoms with Crippen LogP contribution in [0.1, 0.15) is 29.4 Å². The highest BCUT2D eigenvalue weighted by Gasteiger charge is 2.22. The van der Waals surface area contributed by atoms with Gasteiger partial charge in [-0.1, -0.05) is 30.0 Å². The van der Waals surface area contributed by atoms with Crippen molar-refractivity contribution in [3.63, 3.8) is 0 Å². The third-order valence-corrected chi connectivity index (χ3v) is 5.06. The van der Waals surface area contributed by atoms with Crippen molar-refractivity contribution in [3.05, 3.63) is 47.3 Å². The maximum atomic E-state index is 12.4. The number of amides is 1. The molecule has 4 rings (SSSR count). The van der Waals surface area contributed by atoms with Crippen LogP contribution in [0.25, 0.3) is 5.78 Å². The minimum atomic E-state index is -0.0450. The van der Waals surface area contributed by atoms with Crippen molar-refractivity contribution in [2.75, 3.05) is 12.4 Å². The van der Waals surface area contributed by atoms with Gasteiger partial charge in [0.15, 0.2) is 0 Å². The van der Waals surface area contributed by atoms with Crippen LogP contribution >= 0.6 is 11.8 Å². The van der Waals surface area contributed by atoms with Gasteiger partial charge in [-0.15, -0.1) is 5.10 Å². The predicted octanol–water partition coefficient (Wildman–Crippen LogP) is 2.47. The number of hydrogen-bond donors (Lipinski definition) is 1. The van der Waals surface area contributed by atoms with Crippen molar-refractivity contribution in [1.29, 1.82) is 0 Å². The molecule has 8 heteroatoms. The third kappa shape index (κ3) is 3.37. The Morgan fingerprint density at radius 2 is 2.19 bits per heavy atom. The first-order valence-corrected chi connectivity index (χ1v) is 9.43. The summed E-state index contributed by atoms with van der Waals surface area (Å²) in [7, 11) is 0. The maximum absolute atomic E-state index is 12.4. The smallest absolute Gasteiger partial charge is 0.253 e. The fraction of sp³-hybridized carbons (Fsp3) is 0.333. The number of benzene rings is 1. The number of nitrogens with zero attached hydrogens (tertiary/aromatic N) is 4. The minimum absolute atomic E-state index is 0.0198. The quantitative estimate of drug-likeness (QED) is 0.712. The molecule has 0 fully saturated rings. The number of ether oxygens (including phenoxy) is 1. The predicted molar refractivity (Wildman–Crippen MR) is 98.4 cm³/mol. The van der Waals surface area contributed by atoms with Gasteiger partial charge < -0.3 is 10.1 Å². The summed E-state index contributed by atoms with van der Waals surface area (Å²) in [5, 5.41) is 8.05. The molecule has 0 saturated heterocycles. The summed E-state index contributed by atoms with van der Waals surface area (Å²) in [6, 6.07) is 9.75. The van der Waals surface area contributed by atoms with Crippen LogP contribution in [0, 0.1) is 13.8 Å². The number of aryl methyl sites for hydroxylation is 2. The first-order chi connectivity index (χ1) is 12.6. The average Bonchev–Trinajstić information content (AvgIpc) is 3.04. The average molecular weight is 369 g/mol. The molecule has 1 N–H and O–H groups in total. The number of para-hydroxylation sites is 1. The van der Waals surface area contributed by atoms with E-state index in [1.54, 1.807) is 4.52 Å².